The molecule has 0 amide bonds. The lowest BCUT2D eigenvalue weighted by molar-refractivity contribution is -0.914. The molecule has 1 heterocycles. The summed E-state index contributed by atoms with van der Waals surface area (Å²) in [6.07, 6.45) is 0.909. The Labute approximate surface area is 62.8 Å². The Morgan fingerprint density at radius 1 is 1.40 bits per heavy atom. The number of quaternary nitrogens is 1. The van der Waals surface area contributed by atoms with Crippen molar-refractivity contribution in [2.45, 2.75) is 32.4 Å². The van der Waals surface area contributed by atoms with E-state index >= 15 is 0 Å². The van der Waals surface area contributed by atoms with Crippen LogP contribution in [-0.2, 0) is 0 Å². The molecule has 60 valence electrons. The molecular formula is C8H18NO+. The fourth-order valence-electron chi connectivity index (χ4n) is 1.64. The van der Waals surface area contributed by atoms with Gasteiger partial charge in [0.2, 0.25) is 0 Å². The van der Waals surface area contributed by atoms with Crippen molar-refractivity contribution >= 4 is 0 Å². The monoisotopic (exact) mass is 144 g/mol. The largest absolute Gasteiger partial charge is 0.392 e. The summed E-state index contributed by atoms with van der Waals surface area (Å²) in [5.41, 5.74) is 0. The number of aliphatic hydroxyl groups is 1. The highest BCUT2D eigenvalue weighted by Crippen LogP contribution is 2.10. The minimum Gasteiger partial charge on any atom is -0.392 e. The number of rotatable bonds is 0. The first-order chi connectivity index (χ1) is 4.61. The molecule has 0 aromatic carbocycles. The lowest BCUT2D eigenvalue weighted by atomic mass is 9.93. The first kappa shape index (κ1) is 8.02. The second kappa shape index (κ2) is 2.89. The second-order valence-electron chi connectivity index (χ2n) is 3.73. The fourth-order valence-corrected chi connectivity index (χ4v) is 1.64. The molecule has 4 atom stereocenters. The van der Waals surface area contributed by atoms with Gasteiger partial charge < -0.3 is 10.0 Å². The molecule has 2 N–H and O–H groups in total. The molecule has 1 fully saturated rings. The Bertz CT molecular complexity index is 89.8. The van der Waals surface area contributed by atoms with Gasteiger partial charge in [-0.05, 0) is 6.92 Å². The van der Waals surface area contributed by atoms with Gasteiger partial charge in [-0.1, -0.05) is 6.92 Å². The standard InChI is InChI=1S/C8H17NO/c1-6-5-9(3)7(2)4-8(6)10/h6-8,10H,4-5H2,1-3H3/p+1/t6-,7-,8-/m0/s1. The van der Waals surface area contributed by atoms with Crippen LogP contribution in [0.5, 0.6) is 0 Å². The minimum atomic E-state index is -0.0568. The summed E-state index contributed by atoms with van der Waals surface area (Å²) in [5, 5.41) is 9.45. The number of hydrogen-bond acceptors (Lipinski definition) is 1. The van der Waals surface area contributed by atoms with Gasteiger partial charge in [-0.3, -0.25) is 0 Å². The van der Waals surface area contributed by atoms with Gasteiger partial charge >= 0.3 is 0 Å². The summed E-state index contributed by atoms with van der Waals surface area (Å²) in [6, 6.07) is 0.631. The van der Waals surface area contributed by atoms with Crippen molar-refractivity contribution in [2.75, 3.05) is 13.6 Å². The maximum atomic E-state index is 9.45. The molecular weight excluding hydrogens is 126 g/mol. The third-order valence-electron chi connectivity index (χ3n) is 2.74. The van der Waals surface area contributed by atoms with E-state index in [-0.39, 0.29) is 6.10 Å². The molecule has 0 aliphatic carbocycles. The Hall–Kier alpha value is -0.0800. The van der Waals surface area contributed by atoms with Gasteiger partial charge in [0.25, 0.3) is 0 Å². The quantitative estimate of drug-likeness (QED) is 0.461. The van der Waals surface area contributed by atoms with Gasteiger partial charge in [-0.25, -0.2) is 0 Å². The maximum Gasteiger partial charge on any atom is 0.0869 e. The van der Waals surface area contributed by atoms with E-state index in [2.05, 4.69) is 20.9 Å². The Morgan fingerprint density at radius 2 is 2.00 bits per heavy atom. The fraction of sp³-hybridized carbons (Fsp3) is 1.00. The molecule has 0 bridgehead atoms. The van der Waals surface area contributed by atoms with Crippen molar-refractivity contribution in [1.82, 2.24) is 0 Å². The van der Waals surface area contributed by atoms with Crippen LogP contribution in [0.2, 0.25) is 0 Å². The third-order valence-corrected chi connectivity index (χ3v) is 2.74. The molecule has 0 spiro atoms. The highest BCUT2D eigenvalue weighted by atomic mass is 16.3. The SMILES string of the molecule is C[C@H]1C[NH+](C)[C@@H](C)C[C@@H]1O. The molecule has 2 nitrogen and oxygen atoms in total. The van der Waals surface area contributed by atoms with E-state index in [1.54, 1.807) is 4.90 Å². The minimum absolute atomic E-state index is 0.0568. The number of nitrogens with one attached hydrogen (secondary N) is 1. The smallest absolute Gasteiger partial charge is 0.0869 e. The maximum absolute atomic E-state index is 9.45. The third kappa shape index (κ3) is 1.50. The summed E-state index contributed by atoms with van der Waals surface area (Å²) in [4.78, 5) is 1.55. The molecule has 1 saturated heterocycles. The van der Waals surface area contributed by atoms with E-state index < -0.39 is 0 Å². The van der Waals surface area contributed by atoms with Crippen LogP contribution < -0.4 is 4.90 Å². The zero-order valence-electron chi connectivity index (χ0n) is 7.09. The van der Waals surface area contributed by atoms with Gasteiger partial charge in [0.15, 0.2) is 0 Å². The molecule has 10 heavy (non-hydrogen) atoms. The summed E-state index contributed by atoms with van der Waals surface area (Å²) in [7, 11) is 2.20. The van der Waals surface area contributed by atoms with E-state index in [0.29, 0.717) is 12.0 Å². The van der Waals surface area contributed by atoms with E-state index in [4.69, 9.17) is 0 Å². The van der Waals surface area contributed by atoms with Crippen molar-refractivity contribution in [3.8, 4) is 0 Å². The molecule has 1 aliphatic heterocycles. The van der Waals surface area contributed by atoms with Crippen molar-refractivity contribution in [1.29, 1.82) is 0 Å². The van der Waals surface area contributed by atoms with Crippen LogP contribution in [0.4, 0.5) is 0 Å². The average molecular weight is 144 g/mol. The molecule has 2 heteroatoms. The second-order valence-corrected chi connectivity index (χ2v) is 3.73. The van der Waals surface area contributed by atoms with Crippen molar-refractivity contribution < 1.29 is 10.0 Å². The lowest BCUT2D eigenvalue weighted by Crippen LogP contribution is -3.14. The molecule has 0 radical (unpaired) electrons. The lowest BCUT2D eigenvalue weighted by Gasteiger charge is -2.34. The topological polar surface area (TPSA) is 24.7 Å². The summed E-state index contributed by atoms with van der Waals surface area (Å²) in [5.74, 6) is 0.483. The summed E-state index contributed by atoms with van der Waals surface area (Å²) < 4.78 is 0. The highest BCUT2D eigenvalue weighted by Gasteiger charge is 2.30. The molecule has 0 aromatic rings. The molecule has 0 saturated carbocycles. The van der Waals surface area contributed by atoms with Crippen LogP contribution in [0.25, 0.3) is 0 Å². The van der Waals surface area contributed by atoms with E-state index in [1.165, 1.54) is 0 Å². The molecule has 1 rings (SSSR count). The Kier molecular flexibility index (Phi) is 2.32. The van der Waals surface area contributed by atoms with Crippen LogP contribution in [0, 0.1) is 5.92 Å². The van der Waals surface area contributed by atoms with Crippen LogP contribution >= 0.6 is 0 Å². The summed E-state index contributed by atoms with van der Waals surface area (Å²) >= 11 is 0. The Balaban J connectivity index is 2.46. The van der Waals surface area contributed by atoms with Crippen LogP contribution in [0.15, 0.2) is 0 Å². The predicted octanol–water partition coefficient (Wildman–Crippen LogP) is -0.710. The number of piperidine rings is 1. The van der Waals surface area contributed by atoms with Crippen LogP contribution in [0.1, 0.15) is 20.3 Å². The Morgan fingerprint density at radius 3 is 2.50 bits per heavy atom. The molecule has 1 aliphatic rings. The van der Waals surface area contributed by atoms with E-state index in [9.17, 15) is 5.11 Å². The highest BCUT2D eigenvalue weighted by molar-refractivity contribution is 4.70. The number of aliphatic hydroxyl groups excluding tert-OH is 1. The van der Waals surface area contributed by atoms with Gasteiger partial charge in [0, 0.05) is 12.3 Å². The van der Waals surface area contributed by atoms with Crippen molar-refractivity contribution in [2.24, 2.45) is 5.92 Å². The van der Waals surface area contributed by atoms with E-state index in [0.717, 1.165) is 13.0 Å². The zero-order valence-corrected chi connectivity index (χ0v) is 7.09. The number of likely N-dealkylation sites (tertiary alicyclic amines) is 1. The zero-order chi connectivity index (χ0) is 7.72. The average Bonchev–Trinajstić information content (AvgIpc) is 1.84. The molecule has 0 aromatic heterocycles. The molecule has 1 unspecified atom stereocenters. The first-order valence-electron chi connectivity index (χ1n) is 4.11. The van der Waals surface area contributed by atoms with Crippen LogP contribution in [-0.4, -0.2) is 30.8 Å². The van der Waals surface area contributed by atoms with Gasteiger partial charge in [0.05, 0.1) is 25.7 Å². The first-order valence-corrected chi connectivity index (χ1v) is 4.11. The van der Waals surface area contributed by atoms with E-state index in [1.807, 2.05) is 0 Å². The van der Waals surface area contributed by atoms with Gasteiger partial charge in [-0.2, -0.15) is 0 Å². The van der Waals surface area contributed by atoms with Crippen LogP contribution in [0.3, 0.4) is 0 Å². The summed E-state index contributed by atoms with van der Waals surface area (Å²) in [6.45, 7) is 5.44. The van der Waals surface area contributed by atoms with Crippen molar-refractivity contribution in [3.63, 3.8) is 0 Å². The van der Waals surface area contributed by atoms with Crippen molar-refractivity contribution in [3.05, 3.63) is 0 Å². The number of hydrogen-bond donors (Lipinski definition) is 2. The van der Waals surface area contributed by atoms with Gasteiger partial charge in [-0.15, -0.1) is 0 Å². The normalized spacial score (nSPS) is 49.2. The predicted molar refractivity (Wildman–Crippen MR) is 41.0 cm³/mol. The van der Waals surface area contributed by atoms with Gasteiger partial charge in [0.1, 0.15) is 0 Å².